The van der Waals surface area contributed by atoms with Crippen molar-refractivity contribution in [1.29, 1.82) is 0 Å². The Kier molecular flexibility index (Phi) is 5.55. The molecule has 1 rings (SSSR count). The summed E-state index contributed by atoms with van der Waals surface area (Å²) in [7, 11) is 0. The van der Waals surface area contributed by atoms with Crippen molar-refractivity contribution in [3.05, 3.63) is 34.9 Å². The summed E-state index contributed by atoms with van der Waals surface area (Å²) in [5.74, 6) is -0.961. The van der Waals surface area contributed by atoms with Crippen LogP contribution in [-0.2, 0) is 16.0 Å². The quantitative estimate of drug-likeness (QED) is 0.825. The van der Waals surface area contributed by atoms with Crippen LogP contribution < -0.4 is 5.32 Å². The van der Waals surface area contributed by atoms with Gasteiger partial charge in [0.2, 0.25) is 5.91 Å². The molecule has 1 aromatic carbocycles. The highest BCUT2D eigenvalue weighted by Gasteiger charge is 2.10. The van der Waals surface area contributed by atoms with Crippen molar-refractivity contribution in [1.82, 2.24) is 5.32 Å². The maximum atomic E-state index is 11.7. The second-order valence-corrected chi connectivity index (χ2v) is 5.10. The van der Waals surface area contributed by atoms with E-state index in [-0.39, 0.29) is 18.2 Å². The SMILES string of the molecule is Cc1ccc(CC(=O)NCC(C)CC(=O)O)cc1C. The summed E-state index contributed by atoms with van der Waals surface area (Å²) in [6.07, 6.45) is 0.408. The second-order valence-electron chi connectivity index (χ2n) is 5.10. The third kappa shape index (κ3) is 5.55. The largest absolute Gasteiger partial charge is 0.481 e. The van der Waals surface area contributed by atoms with Gasteiger partial charge < -0.3 is 10.4 Å². The predicted octanol–water partition coefficient (Wildman–Crippen LogP) is 2.07. The lowest BCUT2D eigenvalue weighted by Crippen LogP contribution is -2.30. The number of aliphatic carboxylic acids is 1. The first-order valence-corrected chi connectivity index (χ1v) is 6.43. The molecule has 1 unspecified atom stereocenters. The van der Waals surface area contributed by atoms with Crippen LogP contribution in [0.4, 0.5) is 0 Å². The van der Waals surface area contributed by atoms with E-state index in [1.165, 1.54) is 11.1 Å². The predicted molar refractivity (Wildman–Crippen MR) is 74.0 cm³/mol. The van der Waals surface area contributed by atoms with Crippen LogP contribution in [0, 0.1) is 19.8 Å². The lowest BCUT2D eigenvalue weighted by molar-refractivity contribution is -0.138. The Morgan fingerprint density at radius 2 is 1.95 bits per heavy atom. The topological polar surface area (TPSA) is 66.4 Å². The van der Waals surface area contributed by atoms with Crippen molar-refractivity contribution < 1.29 is 14.7 Å². The molecule has 0 radical (unpaired) electrons. The molecule has 1 amide bonds. The number of carbonyl (C=O) groups is 2. The lowest BCUT2D eigenvalue weighted by atomic mass is 10.0. The Balaban J connectivity index is 2.42. The molecule has 1 aromatic rings. The highest BCUT2D eigenvalue weighted by Crippen LogP contribution is 2.10. The van der Waals surface area contributed by atoms with Crippen LogP contribution in [0.2, 0.25) is 0 Å². The smallest absolute Gasteiger partial charge is 0.303 e. The fourth-order valence-corrected chi connectivity index (χ4v) is 1.82. The van der Waals surface area contributed by atoms with E-state index in [4.69, 9.17) is 5.11 Å². The minimum absolute atomic E-state index is 0.0544. The van der Waals surface area contributed by atoms with Crippen LogP contribution in [-0.4, -0.2) is 23.5 Å². The zero-order valence-electron chi connectivity index (χ0n) is 11.7. The summed E-state index contributed by atoms with van der Waals surface area (Å²) in [5.41, 5.74) is 3.36. The van der Waals surface area contributed by atoms with Crippen LogP contribution in [0.5, 0.6) is 0 Å². The van der Waals surface area contributed by atoms with Gasteiger partial charge in [-0.1, -0.05) is 25.1 Å². The second kappa shape index (κ2) is 6.92. The normalized spacial score (nSPS) is 11.9. The highest BCUT2D eigenvalue weighted by molar-refractivity contribution is 5.78. The molecular weight excluding hydrogens is 242 g/mol. The third-order valence-electron chi connectivity index (χ3n) is 3.11. The Morgan fingerprint density at radius 1 is 1.26 bits per heavy atom. The zero-order valence-corrected chi connectivity index (χ0v) is 11.7. The fraction of sp³-hybridized carbons (Fsp3) is 0.467. The van der Waals surface area contributed by atoms with Crippen LogP contribution in [0.3, 0.4) is 0 Å². The number of benzene rings is 1. The number of carboxylic acids is 1. The van der Waals surface area contributed by atoms with Gasteiger partial charge in [0.25, 0.3) is 0 Å². The van der Waals surface area contributed by atoms with E-state index < -0.39 is 5.97 Å². The van der Waals surface area contributed by atoms with Gasteiger partial charge in [-0.2, -0.15) is 0 Å². The average Bonchev–Trinajstić information content (AvgIpc) is 2.30. The molecule has 0 saturated heterocycles. The first-order chi connectivity index (χ1) is 8.88. The number of hydrogen-bond donors (Lipinski definition) is 2. The minimum atomic E-state index is -0.837. The number of aryl methyl sites for hydroxylation is 2. The van der Waals surface area contributed by atoms with Gasteiger partial charge in [-0.3, -0.25) is 9.59 Å². The van der Waals surface area contributed by atoms with Gasteiger partial charge in [-0.25, -0.2) is 0 Å². The molecule has 2 N–H and O–H groups in total. The van der Waals surface area contributed by atoms with Crippen LogP contribution in [0.25, 0.3) is 0 Å². The van der Waals surface area contributed by atoms with E-state index in [2.05, 4.69) is 5.32 Å². The van der Waals surface area contributed by atoms with Gasteiger partial charge in [0.1, 0.15) is 0 Å². The molecule has 0 aromatic heterocycles. The van der Waals surface area contributed by atoms with Gasteiger partial charge in [-0.05, 0) is 36.5 Å². The molecule has 19 heavy (non-hydrogen) atoms. The lowest BCUT2D eigenvalue weighted by Gasteiger charge is -2.11. The van der Waals surface area contributed by atoms with E-state index in [0.717, 1.165) is 5.56 Å². The van der Waals surface area contributed by atoms with Crippen LogP contribution in [0.1, 0.15) is 30.0 Å². The van der Waals surface area contributed by atoms with Crippen molar-refractivity contribution in [2.24, 2.45) is 5.92 Å². The van der Waals surface area contributed by atoms with Crippen molar-refractivity contribution in [3.63, 3.8) is 0 Å². The molecule has 0 fully saturated rings. The maximum Gasteiger partial charge on any atom is 0.303 e. The van der Waals surface area contributed by atoms with Crippen molar-refractivity contribution >= 4 is 11.9 Å². The first-order valence-electron chi connectivity index (χ1n) is 6.43. The summed E-state index contributed by atoms with van der Waals surface area (Å²) < 4.78 is 0. The molecule has 0 bridgehead atoms. The van der Waals surface area contributed by atoms with Gasteiger partial charge in [0, 0.05) is 13.0 Å². The standard InChI is InChI=1S/C15H21NO3/c1-10(6-15(18)19)9-16-14(17)8-13-5-4-11(2)12(3)7-13/h4-5,7,10H,6,8-9H2,1-3H3,(H,16,17)(H,18,19). The van der Waals surface area contributed by atoms with E-state index in [9.17, 15) is 9.59 Å². The Bertz CT molecular complexity index is 468. The number of amides is 1. The monoisotopic (exact) mass is 263 g/mol. The van der Waals surface area contributed by atoms with Crippen LogP contribution >= 0.6 is 0 Å². The molecule has 1 atom stereocenters. The van der Waals surface area contributed by atoms with E-state index >= 15 is 0 Å². The van der Waals surface area contributed by atoms with Crippen molar-refractivity contribution in [2.45, 2.75) is 33.6 Å². The van der Waals surface area contributed by atoms with E-state index in [1.54, 1.807) is 0 Å². The maximum absolute atomic E-state index is 11.7. The van der Waals surface area contributed by atoms with E-state index in [1.807, 2.05) is 39.0 Å². The summed E-state index contributed by atoms with van der Waals surface area (Å²) in [4.78, 5) is 22.2. The average molecular weight is 263 g/mol. The summed E-state index contributed by atoms with van der Waals surface area (Å²) >= 11 is 0. The first kappa shape index (κ1) is 15.2. The Morgan fingerprint density at radius 3 is 2.53 bits per heavy atom. The van der Waals surface area contributed by atoms with Gasteiger partial charge in [0.05, 0.1) is 6.42 Å². The summed E-state index contributed by atoms with van der Waals surface area (Å²) in [5, 5.41) is 11.4. The van der Waals surface area contributed by atoms with Gasteiger partial charge >= 0.3 is 5.97 Å². The van der Waals surface area contributed by atoms with Crippen LogP contribution in [0.15, 0.2) is 18.2 Å². The molecule has 0 saturated carbocycles. The number of rotatable bonds is 6. The number of hydrogen-bond acceptors (Lipinski definition) is 2. The molecule has 0 aliphatic carbocycles. The van der Waals surface area contributed by atoms with Gasteiger partial charge in [0.15, 0.2) is 0 Å². The van der Waals surface area contributed by atoms with Gasteiger partial charge in [-0.15, -0.1) is 0 Å². The van der Waals surface area contributed by atoms with Crippen molar-refractivity contribution in [2.75, 3.05) is 6.54 Å². The Hall–Kier alpha value is -1.84. The highest BCUT2D eigenvalue weighted by atomic mass is 16.4. The fourth-order valence-electron chi connectivity index (χ4n) is 1.82. The summed E-state index contributed by atoms with van der Waals surface area (Å²) in [6.45, 7) is 6.26. The molecule has 0 aliphatic heterocycles. The molecular formula is C15H21NO3. The zero-order chi connectivity index (χ0) is 14.4. The number of nitrogens with one attached hydrogen (secondary N) is 1. The molecule has 0 aliphatic rings. The molecule has 4 nitrogen and oxygen atoms in total. The molecule has 104 valence electrons. The number of carboxylic acid groups (broad SMARTS) is 1. The number of carbonyl (C=O) groups excluding carboxylic acids is 1. The minimum Gasteiger partial charge on any atom is -0.481 e. The van der Waals surface area contributed by atoms with Crippen molar-refractivity contribution in [3.8, 4) is 0 Å². The Labute approximate surface area is 113 Å². The molecule has 4 heteroatoms. The van der Waals surface area contributed by atoms with E-state index in [0.29, 0.717) is 13.0 Å². The molecule has 0 heterocycles. The summed E-state index contributed by atoms with van der Waals surface area (Å²) in [6, 6.07) is 5.96. The third-order valence-corrected chi connectivity index (χ3v) is 3.11. The molecule has 0 spiro atoms.